The number of rotatable bonds is 5. The van der Waals surface area contributed by atoms with Crippen LogP contribution in [0.4, 0.5) is 0 Å². The molecule has 1 atom stereocenters. The Morgan fingerprint density at radius 1 is 1.31 bits per heavy atom. The molecule has 1 aromatic carbocycles. The summed E-state index contributed by atoms with van der Waals surface area (Å²) in [7, 11) is 0. The van der Waals surface area contributed by atoms with Gasteiger partial charge in [0.05, 0.1) is 0 Å². The standard InChI is InChI=1S/C12H13ClO2S/c1-9(14)16-8-11(7-12(13)15)10-5-3-2-4-6-10/h2-6,11H,7-8H2,1H3. The van der Waals surface area contributed by atoms with Gasteiger partial charge in [-0.05, 0) is 17.2 Å². The van der Waals surface area contributed by atoms with Crippen LogP contribution in [0.1, 0.15) is 24.8 Å². The molecule has 0 aliphatic carbocycles. The van der Waals surface area contributed by atoms with E-state index in [0.717, 1.165) is 5.56 Å². The van der Waals surface area contributed by atoms with Crippen LogP contribution in [0.3, 0.4) is 0 Å². The summed E-state index contributed by atoms with van der Waals surface area (Å²) in [5, 5.41) is -0.305. The lowest BCUT2D eigenvalue weighted by molar-refractivity contribution is -0.112. The van der Waals surface area contributed by atoms with Gasteiger partial charge in [-0.15, -0.1) is 0 Å². The first-order valence-corrected chi connectivity index (χ1v) is 6.32. The highest BCUT2D eigenvalue weighted by atomic mass is 35.5. The average molecular weight is 257 g/mol. The van der Waals surface area contributed by atoms with Gasteiger partial charge in [-0.2, -0.15) is 0 Å². The molecule has 0 radical (unpaired) electrons. The van der Waals surface area contributed by atoms with Gasteiger partial charge in [0.1, 0.15) is 0 Å². The van der Waals surface area contributed by atoms with E-state index in [1.807, 2.05) is 30.3 Å². The van der Waals surface area contributed by atoms with Crippen molar-refractivity contribution in [1.82, 2.24) is 0 Å². The Morgan fingerprint density at radius 2 is 1.94 bits per heavy atom. The number of halogens is 1. The van der Waals surface area contributed by atoms with Crippen LogP contribution in [0, 0.1) is 0 Å². The zero-order chi connectivity index (χ0) is 12.0. The molecule has 0 spiro atoms. The summed E-state index contributed by atoms with van der Waals surface area (Å²) >= 11 is 6.63. The zero-order valence-corrected chi connectivity index (χ0v) is 10.6. The van der Waals surface area contributed by atoms with Crippen LogP contribution >= 0.6 is 23.4 Å². The highest BCUT2D eigenvalue weighted by molar-refractivity contribution is 8.13. The average Bonchev–Trinajstić information content (AvgIpc) is 2.25. The number of hydrogen-bond donors (Lipinski definition) is 0. The van der Waals surface area contributed by atoms with Gasteiger partial charge in [-0.25, -0.2) is 0 Å². The van der Waals surface area contributed by atoms with Gasteiger partial charge in [0.25, 0.3) is 0 Å². The van der Waals surface area contributed by atoms with E-state index in [1.54, 1.807) is 0 Å². The normalized spacial score (nSPS) is 12.1. The van der Waals surface area contributed by atoms with Crippen LogP contribution in [-0.2, 0) is 9.59 Å². The van der Waals surface area contributed by atoms with Gasteiger partial charge >= 0.3 is 0 Å². The van der Waals surface area contributed by atoms with E-state index < -0.39 is 0 Å². The molecule has 1 unspecified atom stereocenters. The van der Waals surface area contributed by atoms with Gasteiger partial charge in [0.15, 0.2) is 5.12 Å². The lowest BCUT2D eigenvalue weighted by atomic mass is 9.98. The monoisotopic (exact) mass is 256 g/mol. The van der Waals surface area contributed by atoms with Gasteiger partial charge in [0, 0.05) is 25.0 Å². The summed E-state index contributed by atoms with van der Waals surface area (Å²) in [4.78, 5) is 21.9. The molecule has 2 nitrogen and oxygen atoms in total. The lowest BCUT2D eigenvalue weighted by Crippen LogP contribution is -2.07. The Bertz CT molecular complexity index is 365. The Kier molecular flexibility index (Phi) is 5.56. The largest absolute Gasteiger partial charge is 0.288 e. The Labute approximate surface area is 104 Å². The third-order valence-corrected chi connectivity index (χ3v) is 3.30. The molecule has 86 valence electrons. The Balaban J connectivity index is 2.71. The van der Waals surface area contributed by atoms with Crippen LogP contribution in [0.2, 0.25) is 0 Å². The first kappa shape index (κ1) is 13.3. The van der Waals surface area contributed by atoms with Gasteiger partial charge in [-0.1, -0.05) is 42.1 Å². The van der Waals surface area contributed by atoms with E-state index in [4.69, 9.17) is 11.6 Å². The number of benzene rings is 1. The van der Waals surface area contributed by atoms with Crippen molar-refractivity contribution in [2.45, 2.75) is 19.3 Å². The van der Waals surface area contributed by atoms with Crippen LogP contribution in [0.25, 0.3) is 0 Å². The molecule has 0 amide bonds. The fourth-order valence-corrected chi connectivity index (χ4v) is 2.34. The minimum atomic E-state index is -0.363. The van der Waals surface area contributed by atoms with E-state index in [0.29, 0.717) is 5.75 Å². The maximum atomic E-state index is 10.9. The van der Waals surface area contributed by atoms with E-state index >= 15 is 0 Å². The number of hydrogen-bond acceptors (Lipinski definition) is 3. The molecule has 0 saturated carbocycles. The Morgan fingerprint density at radius 3 is 2.44 bits per heavy atom. The van der Waals surface area contributed by atoms with Crippen LogP contribution in [0.15, 0.2) is 30.3 Å². The van der Waals surface area contributed by atoms with E-state index in [-0.39, 0.29) is 22.7 Å². The van der Waals surface area contributed by atoms with E-state index in [2.05, 4.69) is 0 Å². The molecule has 0 aromatic heterocycles. The van der Waals surface area contributed by atoms with Crippen molar-refractivity contribution < 1.29 is 9.59 Å². The smallest absolute Gasteiger partial charge is 0.222 e. The third kappa shape index (κ3) is 4.81. The molecule has 1 rings (SSSR count). The summed E-state index contributed by atoms with van der Waals surface area (Å²) in [6, 6.07) is 9.65. The second-order valence-electron chi connectivity index (χ2n) is 3.47. The molecule has 0 aliphatic rings. The van der Waals surface area contributed by atoms with Crippen molar-refractivity contribution >= 4 is 33.7 Å². The lowest BCUT2D eigenvalue weighted by Gasteiger charge is -2.13. The first-order valence-electron chi connectivity index (χ1n) is 4.96. The predicted molar refractivity (Wildman–Crippen MR) is 67.8 cm³/mol. The predicted octanol–water partition coefficient (Wildman–Crippen LogP) is 3.21. The molecular formula is C12H13ClO2S. The zero-order valence-electron chi connectivity index (χ0n) is 8.98. The minimum absolute atomic E-state index is 0.0140. The van der Waals surface area contributed by atoms with Crippen molar-refractivity contribution in [3.8, 4) is 0 Å². The molecule has 0 heterocycles. The summed E-state index contributed by atoms with van der Waals surface area (Å²) in [5.41, 5.74) is 1.05. The van der Waals surface area contributed by atoms with Gasteiger partial charge < -0.3 is 0 Å². The molecule has 0 N–H and O–H groups in total. The molecular weight excluding hydrogens is 244 g/mol. The second-order valence-corrected chi connectivity index (χ2v) is 5.09. The van der Waals surface area contributed by atoms with Gasteiger partial charge in [-0.3, -0.25) is 9.59 Å². The van der Waals surface area contributed by atoms with Crippen molar-refractivity contribution in [3.63, 3.8) is 0 Å². The molecule has 4 heteroatoms. The van der Waals surface area contributed by atoms with Crippen molar-refractivity contribution in [1.29, 1.82) is 0 Å². The number of carbonyl (C=O) groups is 2. The molecule has 0 fully saturated rings. The van der Waals surface area contributed by atoms with Crippen molar-refractivity contribution in [3.05, 3.63) is 35.9 Å². The van der Waals surface area contributed by atoms with Crippen LogP contribution in [-0.4, -0.2) is 16.1 Å². The fraction of sp³-hybridized carbons (Fsp3) is 0.333. The fourth-order valence-electron chi connectivity index (χ4n) is 1.41. The third-order valence-electron chi connectivity index (χ3n) is 2.17. The van der Waals surface area contributed by atoms with Crippen LogP contribution < -0.4 is 0 Å². The SMILES string of the molecule is CC(=O)SCC(CC(=O)Cl)c1ccccc1. The summed E-state index contributed by atoms with van der Waals surface area (Å²) in [5.74, 6) is 0.609. The summed E-state index contributed by atoms with van der Waals surface area (Å²) in [6.07, 6.45) is 0.270. The van der Waals surface area contributed by atoms with Gasteiger partial charge in [0.2, 0.25) is 5.24 Å². The molecule has 16 heavy (non-hydrogen) atoms. The van der Waals surface area contributed by atoms with E-state index in [1.165, 1.54) is 18.7 Å². The Hall–Kier alpha value is -0.800. The molecule has 1 aromatic rings. The number of carbonyl (C=O) groups excluding carboxylic acids is 2. The topological polar surface area (TPSA) is 34.1 Å². The minimum Gasteiger partial charge on any atom is -0.288 e. The van der Waals surface area contributed by atoms with E-state index in [9.17, 15) is 9.59 Å². The highest BCUT2D eigenvalue weighted by Gasteiger charge is 2.15. The quantitative estimate of drug-likeness (QED) is 0.759. The second kappa shape index (κ2) is 6.71. The molecule has 0 bridgehead atoms. The molecule has 0 aliphatic heterocycles. The van der Waals surface area contributed by atoms with Crippen molar-refractivity contribution in [2.75, 3.05) is 5.75 Å². The molecule has 0 saturated heterocycles. The maximum Gasteiger partial charge on any atom is 0.222 e. The van der Waals surface area contributed by atoms with Crippen LogP contribution in [0.5, 0.6) is 0 Å². The van der Waals surface area contributed by atoms with Crippen molar-refractivity contribution in [2.24, 2.45) is 0 Å². The highest BCUT2D eigenvalue weighted by Crippen LogP contribution is 2.25. The summed E-state index contributed by atoms with van der Waals surface area (Å²) < 4.78 is 0. The number of thioether (sulfide) groups is 1. The maximum absolute atomic E-state index is 10.9. The first-order chi connectivity index (χ1) is 7.59. The summed E-state index contributed by atoms with van der Waals surface area (Å²) in [6.45, 7) is 1.52.